The van der Waals surface area contributed by atoms with Gasteiger partial charge in [-0.25, -0.2) is 12.8 Å². The second-order valence-corrected chi connectivity index (χ2v) is 10.3. The summed E-state index contributed by atoms with van der Waals surface area (Å²) in [6.45, 7) is 1.42. The van der Waals surface area contributed by atoms with E-state index < -0.39 is 28.3 Å². The van der Waals surface area contributed by atoms with Crippen molar-refractivity contribution in [2.75, 3.05) is 49.0 Å². The summed E-state index contributed by atoms with van der Waals surface area (Å²) in [5, 5.41) is 0.630. The van der Waals surface area contributed by atoms with Gasteiger partial charge >= 0.3 is 0 Å². The van der Waals surface area contributed by atoms with E-state index >= 15 is 0 Å². The molecule has 0 N–H and O–H groups in total. The fourth-order valence-electron chi connectivity index (χ4n) is 3.94. The van der Waals surface area contributed by atoms with Crippen LogP contribution in [0.25, 0.3) is 0 Å². The second kappa shape index (κ2) is 10.5. The Kier molecular flexibility index (Phi) is 7.47. The Hall–Kier alpha value is -3.30. The number of para-hydroxylation sites is 1. The van der Waals surface area contributed by atoms with Crippen LogP contribution in [0.2, 0.25) is 5.02 Å². The van der Waals surface area contributed by atoms with Gasteiger partial charge in [0.1, 0.15) is 18.1 Å². The van der Waals surface area contributed by atoms with Crippen LogP contribution in [-0.2, 0) is 14.8 Å². The Bertz CT molecular complexity index is 1300. The minimum absolute atomic E-state index is 0.0693. The average Bonchev–Trinajstić information content (AvgIpc) is 2.87. The molecule has 1 fully saturated rings. The van der Waals surface area contributed by atoms with Crippen molar-refractivity contribution in [1.29, 1.82) is 0 Å². The number of benzene rings is 3. The Morgan fingerprint density at radius 1 is 1.00 bits per heavy atom. The fraction of sp³-hybridized carbons (Fsp3) is 0.240. The summed E-state index contributed by atoms with van der Waals surface area (Å²) < 4.78 is 47.6. The largest absolute Gasteiger partial charge is 0.497 e. The number of amides is 1. The third-order valence-corrected chi connectivity index (χ3v) is 7.86. The molecule has 1 aliphatic rings. The van der Waals surface area contributed by atoms with E-state index in [1.807, 2.05) is 18.2 Å². The predicted octanol–water partition coefficient (Wildman–Crippen LogP) is 4.03. The van der Waals surface area contributed by atoms with Gasteiger partial charge in [0, 0.05) is 36.9 Å². The average molecular weight is 518 g/mol. The summed E-state index contributed by atoms with van der Waals surface area (Å²) in [6, 6.07) is 18.7. The van der Waals surface area contributed by atoms with Crippen LogP contribution in [0.4, 0.5) is 15.8 Å². The van der Waals surface area contributed by atoms with Gasteiger partial charge in [0.2, 0.25) is 5.91 Å². The first kappa shape index (κ1) is 24.8. The summed E-state index contributed by atoms with van der Waals surface area (Å²) in [4.78, 5) is 16.8. The molecular formula is C25H25ClFN3O4S. The van der Waals surface area contributed by atoms with E-state index in [0.29, 0.717) is 37.0 Å². The normalized spacial score (nSPS) is 14.0. The third-order valence-electron chi connectivity index (χ3n) is 5.85. The second-order valence-electron chi connectivity index (χ2n) is 7.99. The van der Waals surface area contributed by atoms with Crippen LogP contribution in [-0.4, -0.2) is 59.1 Å². The van der Waals surface area contributed by atoms with E-state index in [1.54, 1.807) is 11.0 Å². The minimum Gasteiger partial charge on any atom is -0.497 e. The molecule has 3 aromatic carbocycles. The molecule has 0 spiro atoms. The quantitative estimate of drug-likeness (QED) is 0.473. The van der Waals surface area contributed by atoms with Crippen molar-refractivity contribution in [2.24, 2.45) is 0 Å². The third kappa shape index (κ3) is 5.52. The molecule has 0 atom stereocenters. The van der Waals surface area contributed by atoms with E-state index in [9.17, 15) is 17.6 Å². The zero-order valence-corrected chi connectivity index (χ0v) is 20.7. The molecule has 0 aliphatic carbocycles. The molecule has 0 bridgehead atoms. The molecule has 10 heteroatoms. The van der Waals surface area contributed by atoms with Crippen LogP contribution in [0.15, 0.2) is 77.7 Å². The number of carbonyl (C=O) groups is 1. The number of sulfonamides is 1. The number of anilines is 2. The van der Waals surface area contributed by atoms with Gasteiger partial charge in [-0.1, -0.05) is 29.8 Å². The highest BCUT2D eigenvalue weighted by Gasteiger charge is 2.31. The molecule has 1 aliphatic heterocycles. The topological polar surface area (TPSA) is 70.2 Å². The highest BCUT2D eigenvalue weighted by molar-refractivity contribution is 7.92. The molecule has 1 saturated heterocycles. The van der Waals surface area contributed by atoms with Crippen LogP contribution < -0.4 is 13.9 Å². The van der Waals surface area contributed by atoms with Crippen LogP contribution in [0.3, 0.4) is 0 Å². The molecule has 0 saturated carbocycles. The maximum absolute atomic E-state index is 14.7. The number of piperazine rings is 1. The lowest BCUT2D eigenvalue weighted by Crippen LogP contribution is -2.52. The molecule has 0 aromatic heterocycles. The van der Waals surface area contributed by atoms with Gasteiger partial charge in [-0.3, -0.25) is 9.10 Å². The number of hydrogen-bond donors (Lipinski definition) is 0. The maximum atomic E-state index is 14.7. The number of rotatable bonds is 7. The van der Waals surface area contributed by atoms with Crippen molar-refractivity contribution in [1.82, 2.24) is 4.90 Å². The number of carbonyl (C=O) groups excluding carboxylic acids is 1. The smallest absolute Gasteiger partial charge is 0.264 e. The van der Waals surface area contributed by atoms with Gasteiger partial charge in [-0.2, -0.15) is 0 Å². The Morgan fingerprint density at radius 2 is 1.69 bits per heavy atom. The molecule has 4 rings (SSSR count). The summed E-state index contributed by atoms with van der Waals surface area (Å²) in [6.07, 6.45) is 0. The van der Waals surface area contributed by atoms with Crippen LogP contribution in [0.5, 0.6) is 5.75 Å². The Labute approximate surface area is 209 Å². The molecule has 0 unspecified atom stereocenters. The summed E-state index contributed by atoms with van der Waals surface area (Å²) in [5.41, 5.74) is 0.772. The van der Waals surface area contributed by atoms with E-state index in [0.717, 1.165) is 9.99 Å². The fourth-order valence-corrected chi connectivity index (χ4v) is 5.54. The number of ether oxygens (including phenoxy) is 1. The predicted molar refractivity (Wildman–Crippen MR) is 134 cm³/mol. The van der Waals surface area contributed by atoms with Gasteiger partial charge in [0.05, 0.1) is 17.7 Å². The van der Waals surface area contributed by atoms with Crippen molar-refractivity contribution in [3.8, 4) is 5.75 Å². The first-order valence-electron chi connectivity index (χ1n) is 11.0. The number of hydrogen-bond acceptors (Lipinski definition) is 5. The molecule has 3 aromatic rings. The summed E-state index contributed by atoms with van der Waals surface area (Å²) in [7, 11) is -2.76. The van der Waals surface area contributed by atoms with Gasteiger partial charge in [0.25, 0.3) is 10.0 Å². The van der Waals surface area contributed by atoms with Crippen molar-refractivity contribution in [3.63, 3.8) is 0 Å². The van der Waals surface area contributed by atoms with E-state index in [4.69, 9.17) is 16.3 Å². The lowest BCUT2D eigenvalue weighted by molar-refractivity contribution is -0.129. The molecule has 1 heterocycles. The minimum atomic E-state index is -4.23. The molecule has 35 heavy (non-hydrogen) atoms. The molecule has 1 amide bonds. The first-order valence-corrected chi connectivity index (χ1v) is 12.8. The lowest BCUT2D eigenvalue weighted by atomic mass is 10.2. The maximum Gasteiger partial charge on any atom is 0.264 e. The molecule has 7 nitrogen and oxygen atoms in total. The number of halogens is 2. The SMILES string of the molecule is COc1ccc(S(=O)(=O)N(CC(=O)N2CCN(c3cccc(Cl)c3)CC2)c2ccccc2F)cc1. The number of nitrogens with zero attached hydrogens (tertiary/aromatic N) is 3. The van der Waals surface area contributed by atoms with Gasteiger partial charge < -0.3 is 14.5 Å². The summed E-state index contributed by atoms with van der Waals surface area (Å²) >= 11 is 6.09. The Morgan fingerprint density at radius 3 is 2.31 bits per heavy atom. The highest BCUT2D eigenvalue weighted by Crippen LogP contribution is 2.28. The van der Waals surface area contributed by atoms with E-state index in [1.165, 1.54) is 55.6 Å². The van der Waals surface area contributed by atoms with Crippen molar-refractivity contribution < 1.29 is 22.3 Å². The standard InChI is InChI=1S/C25H25ClFN3O4S/c1-34-21-9-11-22(12-10-21)35(32,33)30(24-8-3-2-7-23(24)27)18-25(31)29-15-13-28(14-16-29)20-6-4-5-19(26)17-20/h2-12,17H,13-16,18H2,1H3. The van der Waals surface area contributed by atoms with Crippen LogP contribution in [0.1, 0.15) is 0 Å². The van der Waals surface area contributed by atoms with E-state index in [2.05, 4.69) is 4.90 Å². The van der Waals surface area contributed by atoms with Gasteiger partial charge in [0.15, 0.2) is 0 Å². The monoisotopic (exact) mass is 517 g/mol. The first-order chi connectivity index (χ1) is 16.8. The van der Waals surface area contributed by atoms with Crippen molar-refractivity contribution in [3.05, 3.63) is 83.6 Å². The van der Waals surface area contributed by atoms with Gasteiger partial charge in [-0.15, -0.1) is 0 Å². The van der Waals surface area contributed by atoms with Crippen LogP contribution >= 0.6 is 11.6 Å². The van der Waals surface area contributed by atoms with E-state index in [-0.39, 0.29) is 10.6 Å². The highest BCUT2D eigenvalue weighted by atomic mass is 35.5. The summed E-state index contributed by atoms with van der Waals surface area (Å²) in [5.74, 6) is -0.658. The van der Waals surface area contributed by atoms with Gasteiger partial charge in [-0.05, 0) is 54.6 Å². The van der Waals surface area contributed by atoms with Crippen molar-refractivity contribution >= 4 is 38.9 Å². The Balaban J connectivity index is 1.55. The van der Waals surface area contributed by atoms with Crippen molar-refractivity contribution in [2.45, 2.75) is 4.90 Å². The lowest BCUT2D eigenvalue weighted by Gasteiger charge is -2.37. The molecule has 0 radical (unpaired) electrons. The number of methoxy groups -OCH3 is 1. The van der Waals surface area contributed by atoms with Crippen LogP contribution in [0, 0.1) is 5.82 Å². The molecular weight excluding hydrogens is 493 g/mol. The molecule has 184 valence electrons. The zero-order chi connectivity index (χ0) is 25.0. The zero-order valence-electron chi connectivity index (χ0n) is 19.1.